The average molecular weight is 373 g/mol. The van der Waals surface area contributed by atoms with E-state index < -0.39 is 17.7 Å². The molecule has 1 fully saturated rings. The molecule has 0 amide bonds. The van der Waals surface area contributed by atoms with Crippen LogP contribution < -0.4 is 0 Å². The molecule has 0 saturated carbocycles. The van der Waals surface area contributed by atoms with Crippen molar-refractivity contribution < 1.29 is 19.1 Å². The molecule has 0 aromatic carbocycles. The minimum Gasteiger partial charge on any atom is -0.419 e. The minimum atomic E-state index is -1.23. The second-order valence-corrected chi connectivity index (χ2v) is 8.00. The van der Waals surface area contributed by atoms with Crippen molar-refractivity contribution >= 4 is 39.5 Å². The normalized spacial score (nSPS) is 19.9. The summed E-state index contributed by atoms with van der Waals surface area (Å²) in [5, 5.41) is 0. The fourth-order valence-electron chi connectivity index (χ4n) is 2.38. The first-order chi connectivity index (χ1) is 11.4. The van der Waals surface area contributed by atoms with Crippen molar-refractivity contribution in [1.82, 2.24) is 4.90 Å². The number of nitrogens with zero attached hydrogens (tertiary/aromatic N) is 2. The van der Waals surface area contributed by atoms with Gasteiger partial charge in [-0.3, -0.25) is 0 Å². The highest BCUT2D eigenvalue weighted by atomic mass is 33.1. The van der Waals surface area contributed by atoms with Gasteiger partial charge in [0.05, 0.1) is 15.9 Å². The van der Waals surface area contributed by atoms with Crippen molar-refractivity contribution in [2.75, 3.05) is 13.1 Å². The molecule has 2 rings (SSSR count). The third-order valence-electron chi connectivity index (χ3n) is 3.62. The van der Waals surface area contributed by atoms with Crippen LogP contribution in [0.3, 0.4) is 0 Å². The van der Waals surface area contributed by atoms with E-state index in [-0.39, 0.29) is 5.57 Å². The average Bonchev–Trinajstić information content (AvgIpc) is 2.94. The standard InChI is InChI=1S/C16H24N2O4S2/c1-5-7-9-18(10-8-6-2)13-12(23-24-17-13)11-14(19)21-16(3,4)22-15(11)20/h5-10H2,1-4H3. The van der Waals surface area contributed by atoms with Gasteiger partial charge in [0.1, 0.15) is 0 Å². The molecule has 134 valence electrons. The summed E-state index contributed by atoms with van der Waals surface area (Å²) in [7, 11) is 2.58. The number of unbranched alkanes of at least 4 members (excludes halogenated alkanes) is 2. The van der Waals surface area contributed by atoms with Crippen molar-refractivity contribution in [3.05, 3.63) is 10.5 Å². The van der Waals surface area contributed by atoms with Gasteiger partial charge in [-0.05, 0) is 23.6 Å². The maximum atomic E-state index is 12.3. The molecule has 6 nitrogen and oxygen atoms in total. The molecule has 0 unspecified atom stereocenters. The lowest BCUT2D eigenvalue weighted by Gasteiger charge is -2.31. The number of carbonyl (C=O) groups excluding carboxylic acids is 2. The SMILES string of the molecule is CCCCN(CCCC)C1=NSSC1=C1C(=O)OC(C)(C)OC1=O. The number of amidine groups is 1. The summed E-state index contributed by atoms with van der Waals surface area (Å²) in [5.74, 6) is -1.81. The Morgan fingerprint density at radius 2 is 1.58 bits per heavy atom. The molecule has 0 aromatic rings. The van der Waals surface area contributed by atoms with Crippen molar-refractivity contribution in [3.8, 4) is 0 Å². The Hall–Kier alpha value is -1.15. The molecule has 0 spiro atoms. The lowest BCUT2D eigenvalue weighted by Crippen LogP contribution is -2.43. The van der Waals surface area contributed by atoms with Crippen molar-refractivity contribution in [2.24, 2.45) is 4.40 Å². The van der Waals surface area contributed by atoms with Crippen LogP contribution in [0.1, 0.15) is 53.4 Å². The van der Waals surface area contributed by atoms with E-state index in [1.165, 1.54) is 21.8 Å². The number of carbonyl (C=O) groups is 2. The van der Waals surface area contributed by atoms with E-state index in [0.29, 0.717) is 10.7 Å². The van der Waals surface area contributed by atoms with Gasteiger partial charge in [0.2, 0.25) is 0 Å². The van der Waals surface area contributed by atoms with E-state index in [9.17, 15) is 9.59 Å². The highest BCUT2D eigenvalue weighted by Crippen LogP contribution is 2.43. The summed E-state index contributed by atoms with van der Waals surface area (Å²) < 4.78 is 14.9. The summed E-state index contributed by atoms with van der Waals surface area (Å²) in [5.41, 5.74) is -0.0407. The van der Waals surface area contributed by atoms with Crippen LogP contribution in [-0.2, 0) is 19.1 Å². The molecule has 24 heavy (non-hydrogen) atoms. The van der Waals surface area contributed by atoms with Crippen LogP contribution in [-0.4, -0.2) is 41.6 Å². The highest BCUT2D eigenvalue weighted by Gasteiger charge is 2.43. The number of hydrogen-bond donors (Lipinski definition) is 0. The second-order valence-electron chi connectivity index (χ2n) is 6.15. The van der Waals surface area contributed by atoms with Gasteiger partial charge in [-0.1, -0.05) is 26.7 Å². The maximum Gasteiger partial charge on any atom is 0.350 e. The van der Waals surface area contributed by atoms with E-state index in [1.54, 1.807) is 13.8 Å². The van der Waals surface area contributed by atoms with Crippen molar-refractivity contribution in [1.29, 1.82) is 0 Å². The zero-order valence-electron chi connectivity index (χ0n) is 14.6. The summed E-state index contributed by atoms with van der Waals surface area (Å²) in [4.78, 5) is 27.4. The first-order valence-corrected chi connectivity index (χ1v) is 10.4. The zero-order chi connectivity index (χ0) is 17.7. The molecule has 0 aromatic heterocycles. The first-order valence-electron chi connectivity index (χ1n) is 8.27. The van der Waals surface area contributed by atoms with Crippen LogP contribution in [0.25, 0.3) is 0 Å². The van der Waals surface area contributed by atoms with Gasteiger partial charge < -0.3 is 14.4 Å². The molecule has 0 N–H and O–H groups in total. The summed E-state index contributed by atoms with van der Waals surface area (Å²) in [6.45, 7) is 9.06. The fraction of sp³-hybridized carbons (Fsp3) is 0.688. The van der Waals surface area contributed by atoms with Crippen LogP contribution >= 0.6 is 21.8 Å². The molecule has 0 atom stereocenters. The van der Waals surface area contributed by atoms with Gasteiger partial charge in [-0.2, -0.15) is 4.40 Å². The third-order valence-corrected chi connectivity index (χ3v) is 5.45. The molecular formula is C16H24N2O4S2. The van der Waals surface area contributed by atoms with Gasteiger partial charge in [0, 0.05) is 26.9 Å². The Kier molecular flexibility index (Phi) is 6.62. The Balaban J connectivity index is 2.29. The van der Waals surface area contributed by atoms with Crippen LogP contribution in [0.4, 0.5) is 0 Å². The summed E-state index contributed by atoms with van der Waals surface area (Å²) in [6.07, 6.45) is 4.20. The molecule has 0 bridgehead atoms. The Bertz CT molecular complexity index is 542. The second kappa shape index (κ2) is 8.29. The van der Waals surface area contributed by atoms with Crippen LogP contribution in [0.5, 0.6) is 0 Å². The lowest BCUT2D eigenvalue weighted by atomic mass is 10.1. The summed E-state index contributed by atoms with van der Waals surface area (Å²) in [6, 6.07) is 0. The molecule has 0 radical (unpaired) electrons. The van der Waals surface area contributed by atoms with E-state index in [2.05, 4.69) is 23.1 Å². The molecule has 1 saturated heterocycles. The lowest BCUT2D eigenvalue weighted by molar-refractivity contribution is -0.222. The monoisotopic (exact) mass is 372 g/mol. The van der Waals surface area contributed by atoms with E-state index >= 15 is 0 Å². The number of esters is 2. The Labute approximate surface area is 150 Å². The fourth-order valence-corrected chi connectivity index (χ4v) is 4.35. The molecule has 0 aliphatic carbocycles. The number of rotatable bonds is 6. The smallest absolute Gasteiger partial charge is 0.350 e. The molecule has 2 aliphatic rings. The van der Waals surface area contributed by atoms with Gasteiger partial charge >= 0.3 is 11.9 Å². The molecule has 8 heteroatoms. The van der Waals surface area contributed by atoms with E-state index in [0.717, 1.165) is 38.8 Å². The van der Waals surface area contributed by atoms with Gasteiger partial charge in [0.25, 0.3) is 5.79 Å². The number of cyclic esters (lactones) is 2. The summed E-state index contributed by atoms with van der Waals surface area (Å²) >= 11 is 0. The van der Waals surface area contributed by atoms with Crippen molar-refractivity contribution in [2.45, 2.75) is 59.2 Å². The Morgan fingerprint density at radius 1 is 1.04 bits per heavy atom. The molecular weight excluding hydrogens is 348 g/mol. The van der Waals surface area contributed by atoms with E-state index in [1.807, 2.05) is 0 Å². The van der Waals surface area contributed by atoms with Crippen LogP contribution in [0.2, 0.25) is 0 Å². The zero-order valence-corrected chi connectivity index (χ0v) is 16.2. The topological polar surface area (TPSA) is 68.2 Å². The largest absolute Gasteiger partial charge is 0.419 e. The predicted octanol–water partition coefficient (Wildman–Crippen LogP) is 3.69. The molecule has 2 aliphatic heterocycles. The molecule has 2 heterocycles. The minimum absolute atomic E-state index is 0.0407. The van der Waals surface area contributed by atoms with E-state index in [4.69, 9.17) is 9.47 Å². The third kappa shape index (κ3) is 4.47. The highest BCUT2D eigenvalue weighted by molar-refractivity contribution is 8.78. The van der Waals surface area contributed by atoms with Gasteiger partial charge in [-0.15, -0.1) is 0 Å². The van der Waals surface area contributed by atoms with Crippen LogP contribution in [0, 0.1) is 0 Å². The Morgan fingerprint density at radius 3 is 2.08 bits per heavy atom. The quantitative estimate of drug-likeness (QED) is 0.231. The van der Waals surface area contributed by atoms with Gasteiger partial charge in [-0.25, -0.2) is 9.59 Å². The maximum absolute atomic E-state index is 12.3. The predicted molar refractivity (Wildman–Crippen MR) is 97.3 cm³/mol. The van der Waals surface area contributed by atoms with Crippen LogP contribution in [0.15, 0.2) is 14.9 Å². The number of hydrogen-bond acceptors (Lipinski definition) is 8. The van der Waals surface area contributed by atoms with Gasteiger partial charge in [0.15, 0.2) is 11.4 Å². The first kappa shape index (κ1) is 19.2. The number of ether oxygens (including phenoxy) is 2. The van der Waals surface area contributed by atoms with Crippen molar-refractivity contribution in [3.63, 3.8) is 0 Å².